The molecule has 0 aliphatic heterocycles. The minimum absolute atomic E-state index is 0.0400. The monoisotopic (exact) mass is 480 g/mol. The highest BCUT2D eigenvalue weighted by Gasteiger charge is 2.31. The van der Waals surface area contributed by atoms with Crippen LogP contribution in [0.15, 0.2) is 46.9 Å². The van der Waals surface area contributed by atoms with Crippen molar-refractivity contribution in [2.24, 2.45) is 5.92 Å². The molecule has 7 heteroatoms. The Hall–Kier alpha value is -3.35. The maximum atomic E-state index is 13.8. The van der Waals surface area contributed by atoms with E-state index in [2.05, 4.69) is 5.32 Å². The molecule has 0 bridgehead atoms. The topological polar surface area (TPSA) is 71.8 Å². The van der Waals surface area contributed by atoms with Gasteiger partial charge < -0.3 is 19.4 Å². The van der Waals surface area contributed by atoms with Gasteiger partial charge in [-0.2, -0.15) is 0 Å². The number of ether oxygens (including phenoxy) is 1. The lowest BCUT2D eigenvalue weighted by Gasteiger charge is -2.25. The van der Waals surface area contributed by atoms with Gasteiger partial charge in [-0.25, -0.2) is 4.39 Å². The second-order valence-electron chi connectivity index (χ2n) is 9.26. The third-order valence-electron chi connectivity index (χ3n) is 6.85. The van der Waals surface area contributed by atoms with Crippen molar-refractivity contribution in [2.75, 3.05) is 25.5 Å². The summed E-state index contributed by atoms with van der Waals surface area (Å²) in [6, 6.07) is 12.0. The van der Waals surface area contributed by atoms with Gasteiger partial charge >= 0.3 is 5.97 Å². The number of halogens is 1. The number of amides is 1. The molecule has 35 heavy (non-hydrogen) atoms. The van der Waals surface area contributed by atoms with Crippen LogP contribution in [0.3, 0.4) is 0 Å². The SMILES string of the molecule is CCOC(=O)CCN(C)C(=O)c1ccc(NC(c2oc3ccc(F)cc3c2C)C2CCCC2)cc1. The summed E-state index contributed by atoms with van der Waals surface area (Å²) in [6.45, 7) is 4.37. The quantitative estimate of drug-likeness (QED) is 0.367. The van der Waals surface area contributed by atoms with Crippen molar-refractivity contribution in [1.82, 2.24) is 4.90 Å². The number of furan rings is 1. The Labute approximate surface area is 205 Å². The molecule has 6 nitrogen and oxygen atoms in total. The van der Waals surface area contributed by atoms with E-state index in [0.717, 1.165) is 35.2 Å². The van der Waals surface area contributed by atoms with E-state index >= 15 is 0 Å². The Morgan fingerprint density at radius 1 is 1.17 bits per heavy atom. The second-order valence-corrected chi connectivity index (χ2v) is 9.26. The molecule has 1 heterocycles. The highest BCUT2D eigenvalue weighted by molar-refractivity contribution is 5.94. The number of hydrogen-bond donors (Lipinski definition) is 1. The van der Waals surface area contributed by atoms with Gasteiger partial charge in [-0.15, -0.1) is 0 Å². The van der Waals surface area contributed by atoms with E-state index in [-0.39, 0.29) is 30.2 Å². The summed E-state index contributed by atoms with van der Waals surface area (Å²) in [6.07, 6.45) is 4.73. The average molecular weight is 481 g/mol. The average Bonchev–Trinajstić information content (AvgIpc) is 3.50. The lowest BCUT2D eigenvalue weighted by Crippen LogP contribution is -2.29. The molecule has 0 radical (unpaired) electrons. The maximum Gasteiger partial charge on any atom is 0.307 e. The molecule has 0 spiro atoms. The minimum atomic E-state index is -0.312. The Balaban J connectivity index is 1.50. The lowest BCUT2D eigenvalue weighted by atomic mass is 9.93. The van der Waals surface area contributed by atoms with Crippen LogP contribution in [-0.2, 0) is 9.53 Å². The van der Waals surface area contributed by atoms with E-state index in [4.69, 9.17) is 9.15 Å². The third-order valence-corrected chi connectivity index (χ3v) is 6.85. The summed E-state index contributed by atoms with van der Waals surface area (Å²) in [4.78, 5) is 25.9. The van der Waals surface area contributed by atoms with Gasteiger partial charge in [-0.1, -0.05) is 12.8 Å². The van der Waals surface area contributed by atoms with Crippen LogP contribution in [0.5, 0.6) is 0 Å². The molecular weight excluding hydrogens is 447 g/mol. The smallest absolute Gasteiger partial charge is 0.307 e. The third kappa shape index (κ3) is 5.66. The number of nitrogens with one attached hydrogen (secondary N) is 1. The Morgan fingerprint density at radius 2 is 1.89 bits per heavy atom. The molecule has 186 valence electrons. The highest BCUT2D eigenvalue weighted by Crippen LogP contribution is 2.41. The zero-order chi connectivity index (χ0) is 24.9. The van der Waals surface area contributed by atoms with Gasteiger partial charge in [0.15, 0.2) is 0 Å². The van der Waals surface area contributed by atoms with Crippen molar-refractivity contribution in [3.05, 3.63) is 65.2 Å². The number of anilines is 1. The van der Waals surface area contributed by atoms with Crippen molar-refractivity contribution in [3.63, 3.8) is 0 Å². The van der Waals surface area contributed by atoms with Crippen LogP contribution in [0.1, 0.15) is 66.8 Å². The fourth-order valence-corrected chi connectivity index (χ4v) is 4.90. The minimum Gasteiger partial charge on any atom is -0.466 e. The summed E-state index contributed by atoms with van der Waals surface area (Å²) >= 11 is 0. The second kappa shape index (κ2) is 10.9. The molecule has 1 unspecified atom stereocenters. The number of benzene rings is 2. The Bertz CT molecular complexity index is 1180. The van der Waals surface area contributed by atoms with Gasteiger partial charge in [0, 0.05) is 35.8 Å². The maximum absolute atomic E-state index is 13.8. The van der Waals surface area contributed by atoms with Gasteiger partial charge in [0.05, 0.1) is 19.1 Å². The predicted molar refractivity (Wildman–Crippen MR) is 134 cm³/mol. The number of carbonyl (C=O) groups excluding carboxylic acids is 2. The van der Waals surface area contributed by atoms with Crippen LogP contribution in [0.25, 0.3) is 11.0 Å². The van der Waals surface area contributed by atoms with Gasteiger partial charge in [-0.3, -0.25) is 9.59 Å². The van der Waals surface area contributed by atoms with Crippen molar-refractivity contribution in [1.29, 1.82) is 0 Å². The van der Waals surface area contributed by atoms with Crippen molar-refractivity contribution in [3.8, 4) is 0 Å². The summed E-state index contributed by atoms with van der Waals surface area (Å²) < 4.78 is 25.0. The first-order valence-corrected chi connectivity index (χ1v) is 12.3. The van der Waals surface area contributed by atoms with E-state index in [0.29, 0.717) is 30.2 Å². The van der Waals surface area contributed by atoms with Crippen molar-refractivity contribution >= 4 is 28.5 Å². The first-order chi connectivity index (χ1) is 16.9. The van der Waals surface area contributed by atoms with E-state index in [1.165, 1.54) is 29.9 Å². The summed E-state index contributed by atoms with van der Waals surface area (Å²) in [7, 11) is 1.68. The van der Waals surface area contributed by atoms with Gasteiger partial charge in [0.25, 0.3) is 5.91 Å². The fraction of sp³-hybridized carbons (Fsp3) is 0.429. The predicted octanol–water partition coefficient (Wildman–Crippen LogP) is 6.25. The number of rotatable bonds is 9. The molecule has 1 aromatic heterocycles. The van der Waals surface area contributed by atoms with Gasteiger partial charge in [-0.05, 0) is 75.1 Å². The molecule has 1 aliphatic carbocycles. The zero-order valence-corrected chi connectivity index (χ0v) is 20.6. The molecule has 1 atom stereocenters. The van der Waals surface area contributed by atoms with Crippen molar-refractivity contribution in [2.45, 2.75) is 52.0 Å². The van der Waals surface area contributed by atoms with Crippen LogP contribution >= 0.6 is 0 Å². The van der Waals surface area contributed by atoms with Gasteiger partial charge in [0.1, 0.15) is 17.2 Å². The van der Waals surface area contributed by atoms with Crippen molar-refractivity contribution < 1.29 is 23.1 Å². The standard InChI is InChI=1S/C28H33FN2O4/c1-4-34-25(32)15-16-31(3)28(33)20-9-12-22(13-10-20)30-26(19-7-5-6-8-19)27-18(2)23-17-21(29)11-14-24(23)35-27/h9-14,17,19,26,30H,4-8,15-16H2,1-3H3. The molecule has 1 N–H and O–H groups in total. The zero-order valence-electron chi connectivity index (χ0n) is 20.6. The number of esters is 1. The number of fused-ring (bicyclic) bond motifs is 1. The van der Waals surface area contributed by atoms with E-state index in [1.54, 1.807) is 32.2 Å². The Morgan fingerprint density at radius 3 is 2.57 bits per heavy atom. The molecular formula is C28H33FN2O4. The first kappa shape index (κ1) is 24.8. The van der Waals surface area contributed by atoms with E-state index in [1.807, 2.05) is 19.1 Å². The number of aryl methyl sites for hydroxylation is 1. The highest BCUT2D eigenvalue weighted by atomic mass is 19.1. The number of hydrogen-bond acceptors (Lipinski definition) is 5. The summed E-state index contributed by atoms with van der Waals surface area (Å²) in [5, 5.41) is 4.43. The molecule has 1 fully saturated rings. The molecule has 1 saturated carbocycles. The summed E-state index contributed by atoms with van der Waals surface area (Å²) in [5.74, 6) is 0.521. The molecule has 4 rings (SSSR count). The van der Waals surface area contributed by atoms with Crippen LogP contribution in [0.4, 0.5) is 10.1 Å². The lowest BCUT2D eigenvalue weighted by molar-refractivity contribution is -0.143. The normalized spacial score (nSPS) is 14.7. The fourth-order valence-electron chi connectivity index (χ4n) is 4.90. The number of carbonyl (C=O) groups is 2. The molecule has 2 aromatic carbocycles. The van der Waals surface area contributed by atoms with E-state index < -0.39 is 0 Å². The first-order valence-electron chi connectivity index (χ1n) is 12.3. The molecule has 1 aliphatic rings. The molecule has 0 saturated heterocycles. The molecule has 3 aromatic rings. The Kier molecular flexibility index (Phi) is 7.73. The van der Waals surface area contributed by atoms with Crippen LogP contribution in [0.2, 0.25) is 0 Å². The van der Waals surface area contributed by atoms with Crippen LogP contribution in [-0.4, -0.2) is 37.0 Å². The van der Waals surface area contributed by atoms with Crippen LogP contribution < -0.4 is 5.32 Å². The van der Waals surface area contributed by atoms with Gasteiger partial charge in [0.2, 0.25) is 0 Å². The van der Waals surface area contributed by atoms with Crippen LogP contribution in [0, 0.1) is 18.7 Å². The summed E-state index contributed by atoms with van der Waals surface area (Å²) in [5.41, 5.74) is 3.09. The number of nitrogens with zero attached hydrogens (tertiary/aromatic N) is 1. The van der Waals surface area contributed by atoms with E-state index in [9.17, 15) is 14.0 Å². The molecule has 1 amide bonds. The largest absolute Gasteiger partial charge is 0.466 e.